The van der Waals surface area contributed by atoms with Gasteiger partial charge in [-0.2, -0.15) is 0 Å². The Morgan fingerprint density at radius 3 is 2.56 bits per heavy atom. The van der Waals surface area contributed by atoms with Crippen LogP contribution in [0, 0.1) is 0 Å². The number of carbonyl (C=O) groups is 1. The second-order valence-electron chi connectivity index (χ2n) is 8.42. The van der Waals surface area contributed by atoms with Gasteiger partial charge in [0.1, 0.15) is 0 Å². The highest BCUT2D eigenvalue weighted by atomic mass is 32.2. The number of amidine groups is 1. The van der Waals surface area contributed by atoms with E-state index in [0.717, 1.165) is 29.4 Å². The fourth-order valence-electron chi connectivity index (χ4n) is 4.34. The van der Waals surface area contributed by atoms with Crippen LogP contribution in [0.3, 0.4) is 0 Å². The SMILES string of the molecule is O=C(Cc1ccc(NC2=N[C@H]3CS(=O)(=O)C[C@H]3S2)cc1)N1CC=C(c2ccccc2)CC1. The molecule has 0 aromatic heterocycles. The van der Waals surface area contributed by atoms with Crippen LogP contribution in [0.2, 0.25) is 0 Å². The number of fused-ring (bicyclic) bond motifs is 1. The normalized spacial score (nSPS) is 23.9. The van der Waals surface area contributed by atoms with E-state index >= 15 is 0 Å². The van der Waals surface area contributed by atoms with E-state index in [-0.39, 0.29) is 28.7 Å². The van der Waals surface area contributed by atoms with Gasteiger partial charge in [-0.05, 0) is 35.3 Å². The zero-order chi connectivity index (χ0) is 22.1. The van der Waals surface area contributed by atoms with Crippen LogP contribution in [-0.4, -0.2) is 60.3 Å². The Hall–Kier alpha value is -2.58. The zero-order valence-electron chi connectivity index (χ0n) is 17.6. The van der Waals surface area contributed by atoms with Gasteiger partial charge in [0.25, 0.3) is 0 Å². The topological polar surface area (TPSA) is 78.8 Å². The summed E-state index contributed by atoms with van der Waals surface area (Å²) in [6, 6.07) is 18.0. The van der Waals surface area contributed by atoms with E-state index in [1.54, 1.807) is 0 Å². The van der Waals surface area contributed by atoms with Crippen molar-refractivity contribution < 1.29 is 13.2 Å². The highest BCUT2D eigenvalue weighted by Gasteiger charge is 2.42. The first-order valence-corrected chi connectivity index (χ1v) is 13.5. The zero-order valence-corrected chi connectivity index (χ0v) is 19.2. The van der Waals surface area contributed by atoms with Gasteiger partial charge in [0.2, 0.25) is 5.91 Å². The molecule has 0 saturated carbocycles. The van der Waals surface area contributed by atoms with Crippen molar-refractivity contribution in [3.63, 3.8) is 0 Å². The molecule has 2 atom stereocenters. The largest absolute Gasteiger partial charge is 0.338 e. The molecule has 0 unspecified atom stereocenters. The minimum Gasteiger partial charge on any atom is -0.338 e. The maximum Gasteiger partial charge on any atom is 0.227 e. The van der Waals surface area contributed by atoms with Crippen LogP contribution in [0.1, 0.15) is 17.5 Å². The lowest BCUT2D eigenvalue weighted by Gasteiger charge is -2.27. The van der Waals surface area contributed by atoms with Gasteiger partial charge in [0, 0.05) is 24.0 Å². The Morgan fingerprint density at radius 2 is 1.88 bits per heavy atom. The van der Waals surface area contributed by atoms with Gasteiger partial charge in [-0.1, -0.05) is 60.3 Å². The molecule has 8 heteroatoms. The fraction of sp³-hybridized carbons (Fsp3) is 0.333. The molecule has 166 valence electrons. The summed E-state index contributed by atoms with van der Waals surface area (Å²) in [5.41, 5.74) is 4.41. The average Bonchev–Trinajstić information content (AvgIpc) is 3.28. The number of nitrogens with one attached hydrogen (secondary N) is 1. The van der Waals surface area contributed by atoms with Gasteiger partial charge in [0.05, 0.1) is 24.0 Å². The number of rotatable bonds is 4. The van der Waals surface area contributed by atoms with Crippen LogP contribution in [0.15, 0.2) is 65.7 Å². The fourth-order valence-corrected chi connectivity index (χ4v) is 8.02. The number of hydrogen-bond donors (Lipinski definition) is 1. The summed E-state index contributed by atoms with van der Waals surface area (Å²) in [6.07, 6.45) is 3.42. The second-order valence-corrected chi connectivity index (χ2v) is 11.8. The predicted molar refractivity (Wildman–Crippen MR) is 131 cm³/mol. The van der Waals surface area contributed by atoms with Crippen LogP contribution >= 0.6 is 11.8 Å². The Morgan fingerprint density at radius 1 is 1.09 bits per heavy atom. The quantitative estimate of drug-likeness (QED) is 0.747. The molecule has 6 nitrogen and oxygen atoms in total. The van der Waals surface area contributed by atoms with Gasteiger partial charge in [-0.3, -0.25) is 9.79 Å². The lowest BCUT2D eigenvalue weighted by Crippen LogP contribution is -2.35. The second kappa shape index (κ2) is 8.75. The van der Waals surface area contributed by atoms with Crippen LogP contribution in [0.25, 0.3) is 5.57 Å². The van der Waals surface area contributed by atoms with Crippen molar-refractivity contribution in [2.45, 2.75) is 24.1 Å². The summed E-state index contributed by atoms with van der Waals surface area (Å²) in [5, 5.41) is 4.08. The first kappa shape index (κ1) is 21.3. The molecule has 5 rings (SSSR count). The van der Waals surface area contributed by atoms with Crippen LogP contribution in [0.4, 0.5) is 5.69 Å². The van der Waals surface area contributed by atoms with Gasteiger partial charge in [-0.25, -0.2) is 8.42 Å². The summed E-state index contributed by atoms with van der Waals surface area (Å²) in [6.45, 7) is 1.39. The number of benzene rings is 2. The maximum atomic E-state index is 12.7. The number of hydrogen-bond acceptors (Lipinski definition) is 6. The van der Waals surface area contributed by atoms with E-state index in [1.807, 2.05) is 47.4 Å². The van der Waals surface area contributed by atoms with E-state index in [0.29, 0.717) is 13.0 Å². The number of aliphatic imine (C=N–C) groups is 1. The highest BCUT2D eigenvalue weighted by Crippen LogP contribution is 2.34. The lowest BCUT2D eigenvalue weighted by atomic mass is 9.99. The third kappa shape index (κ3) is 4.76. The minimum absolute atomic E-state index is 0.0281. The number of anilines is 1. The summed E-state index contributed by atoms with van der Waals surface area (Å²) >= 11 is 1.50. The predicted octanol–water partition coefficient (Wildman–Crippen LogP) is 3.23. The molecule has 0 bridgehead atoms. The van der Waals surface area contributed by atoms with Crippen molar-refractivity contribution in [3.05, 3.63) is 71.8 Å². The molecule has 3 aliphatic heterocycles. The average molecular weight is 468 g/mol. The molecule has 0 aliphatic carbocycles. The molecule has 0 radical (unpaired) electrons. The molecule has 1 N–H and O–H groups in total. The summed E-state index contributed by atoms with van der Waals surface area (Å²) < 4.78 is 23.4. The Balaban J connectivity index is 1.14. The van der Waals surface area contributed by atoms with Crippen molar-refractivity contribution in [1.29, 1.82) is 0 Å². The van der Waals surface area contributed by atoms with Crippen molar-refractivity contribution in [3.8, 4) is 0 Å². The Bertz CT molecular complexity index is 1170. The van der Waals surface area contributed by atoms with E-state index in [1.165, 1.54) is 22.9 Å². The molecule has 2 aromatic rings. The van der Waals surface area contributed by atoms with Gasteiger partial charge in [-0.15, -0.1) is 0 Å². The molecule has 3 heterocycles. The third-order valence-electron chi connectivity index (χ3n) is 6.09. The monoisotopic (exact) mass is 467 g/mol. The number of thioether (sulfide) groups is 1. The molecule has 1 amide bonds. The number of amides is 1. The number of sulfone groups is 1. The molecule has 1 fully saturated rings. The Labute approximate surface area is 192 Å². The molecule has 32 heavy (non-hydrogen) atoms. The van der Waals surface area contributed by atoms with Crippen molar-refractivity contribution >= 4 is 43.9 Å². The summed E-state index contributed by atoms with van der Waals surface area (Å²) in [4.78, 5) is 19.2. The third-order valence-corrected chi connectivity index (χ3v) is 9.23. The number of carbonyl (C=O) groups excluding carboxylic acids is 1. The molecular formula is C24H25N3O3S2. The van der Waals surface area contributed by atoms with E-state index in [4.69, 9.17) is 0 Å². The number of nitrogens with zero attached hydrogens (tertiary/aromatic N) is 2. The highest BCUT2D eigenvalue weighted by molar-refractivity contribution is 8.15. The van der Waals surface area contributed by atoms with E-state index in [9.17, 15) is 13.2 Å². The van der Waals surface area contributed by atoms with Crippen molar-refractivity contribution in [2.75, 3.05) is 29.9 Å². The molecule has 1 saturated heterocycles. The van der Waals surface area contributed by atoms with Crippen LogP contribution < -0.4 is 5.32 Å². The molecular weight excluding hydrogens is 442 g/mol. The van der Waals surface area contributed by atoms with Crippen molar-refractivity contribution in [1.82, 2.24) is 4.90 Å². The van der Waals surface area contributed by atoms with Gasteiger partial charge < -0.3 is 10.2 Å². The van der Waals surface area contributed by atoms with E-state index < -0.39 is 9.84 Å². The standard InChI is InChI=1S/C24H25N3O3S2/c28-23(27-12-10-19(11-13-27)18-4-2-1-3-5-18)14-17-6-8-20(9-7-17)25-24-26-21-15-32(29,30)16-22(21)31-24/h1-10,21-22H,11-16H2,(H,25,26)/t21-,22+/m0/s1. The van der Waals surface area contributed by atoms with Gasteiger partial charge in [0.15, 0.2) is 15.0 Å². The first-order chi connectivity index (χ1) is 15.4. The molecule has 0 spiro atoms. The van der Waals surface area contributed by atoms with E-state index in [2.05, 4.69) is 28.5 Å². The van der Waals surface area contributed by atoms with Crippen LogP contribution in [-0.2, 0) is 21.1 Å². The first-order valence-electron chi connectivity index (χ1n) is 10.8. The van der Waals surface area contributed by atoms with Gasteiger partial charge >= 0.3 is 0 Å². The maximum absolute atomic E-state index is 12.7. The Kier molecular flexibility index (Phi) is 5.82. The minimum atomic E-state index is -2.94. The summed E-state index contributed by atoms with van der Waals surface area (Å²) in [7, 11) is -2.94. The summed E-state index contributed by atoms with van der Waals surface area (Å²) in [5.74, 6) is 0.491. The molecule has 3 aliphatic rings. The smallest absolute Gasteiger partial charge is 0.227 e. The van der Waals surface area contributed by atoms with Crippen molar-refractivity contribution in [2.24, 2.45) is 4.99 Å². The van der Waals surface area contributed by atoms with Crippen LogP contribution in [0.5, 0.6) is 0 Å². The lowest BCUT2D eigenvalue weighted by molar-refractivity contribution is -0.130. The molecule has 2 aromatic carbocycles.